The summed E-state index contributed by atoms with van der Waals surface area (Å²) in [4.78, 5) is 28.7. The van der Waals surface area contributed by atoms with Crippen LogP contribution in [0.3, 0.4) is 0 Å². The van der Waals surface area contributed by atoms with Gasteiger partial charge in [0.25, 0.3) is 0 Å². The Balaban J connectivity index is 2.58. The van der Waals surface area contributed by atoms with Crippen LogP contribution in [-0.4, -0.2) is 56.0 Å². The zero-order chi connectivity index (χ0) is 15.6. The van der Waals surface area contributed by atoms with Gasteiger partial charge in [-0.15, -0.1) is 5.10 Å². The van der Waals surface area contributed by atoms with Crippen molar-refractivity contribution in [2.45, 2.75) is 13.0 Å². The van der Waals surface area contributed by atoms with Crippen LogP contribution in [0.4, 0.5) is 0 Å². The van der Waals surface area contributed by atoms with Gasteiger partial charge in [0.1, 0.15) is 11.7 Å². The molecule has 2 aromatic heterocycles. The number of pyridine rings is 1. The Kier molecular flexibility index (Phi) is 3.97. The van der Waals surface area contributed by atoms with Gasteiger partial charge in [0.2, 0.25) is 5.91 Å². The number of carboxylic acids is 1. The lowest BCUT2D eigenvalue weighted by Crippen LogP contribution is -2.30. The molecule has 110 valence electrons. The number of nitrogens with zero attached hydrogens (tertiary/aromatic N) is 5. The largest absolute Gasteiger partial charge is 0.476 e. The summed E-state index contributed by atoms with van der Waals surface area (Å²) in [6.45, 7) is 1.65. The van der Waals surface area contributed by atoms with Crippen LogP contribution >= 0.6 is 0 Å². The molecule has 0 aliphatic carbocycles. The summed E-state index contributed by atoms with van der Waals surface area (Å²) in [5.41, 5.74) is 0.679. The molecule has 8 heteroatoms. The minimum absolute atomic E-state index is 0.195. The molecule has 2 heterocycles. The van der Waals surface area contributed by atoms with Gasteiger partial charge >= 0.3 is 5.97 Å². The van der Waals surface area contributed by atoms with Gasteiger partial charge in [-0.25, -0.2) is 9.48 Å². The van der Waals surface area contributed by atoms with Crippen LogP contribution in [0.15, 0.2) is 24.5 Å². The van der Waals surface area contributed by atoms with Gasteiger partial charge in [0.05, 0.1) is 0 Å². The van der Waals surface area contributed by atoms with Gasteiger partial charge in [-0.05, 0) is 19.1 Å². The van der Waals surface area contributed by atoms with Gasteiger partial charge in [-0.2, -0.15) is 0 Å². The fourth-order valence-electron chi connectivity index (χ4n) is 1.97. The van der Waals surface area contributed by atoms with E-state index in [0.717, 1.165) is 0 Å². The summed E-state index contributed by atoms with van der Waals surface area (Å²) in [6, 6.07) is 2.63. The Morgan fingerprint density at radius 3 is 2.43 bits per heavy atom. The number of carbonyl (C=O) groups excluding carboxylic acids is 1. The van der Waals surface area contributed by atoms with Crippen LogP contribution in [0.5, 0.6) is 0 Å². The molecular formula is C13H15N5O3. The molecule has 0 bridgehead atoms. The van der Waals surface area contributed by atoms with Crippen LogP contribution in [0.2, 0.25) is 0 Å². The lowest BCUT2D eigenvalue weighted by Gasteiger charge is -2.18. The predicted octanol–water partition coefficient (Wildman–Crippen LogP) is 0.687. The van der Waals surface area contributed by atoms with Gasteiger partial charge < -0.3 is 10.0 Å². The van der Waals surface area contributed by atoms with Crippen molar-refractivity contribution in [3.8, 4) is 11.3 Å². The summed E-state index contributed by atoms with van der Waals surface area (Å²) >= 11 is 0. The molecule has 0 saturated carbocycles. The Morgan fingerprint density at radius 1 is 1.29 bits per heavy atom. The number of aromatic nitrogens is 4. The molecule has 1 N–H and O–H groups in total. The standard InChI is InChI=1S/C13H15N5O3/c1-8(12(19)17(2)3)18-11(9-4-6-14-7-5-9)10(13(20)21)15-16-18/h4-8H,1-3H3,(H,20,21). The predicted molar refractivity (Wildman–Crippen MR) is 73.6 cm³/mol. The van der Waals surface area contributed by atoms with Gasteiger partial charge in [0.15, 0.2) is 5.69 Å². The molecule has 0 aromatic carbocycles. The molecule has 2 aromatic rings. The first-order valence-corrected chi connectivity index (χ1v) is 6.23. The Hall–Kier alpha value is -2.77. The average Bonchev–Trinajstić information content (AvgIpc) is 2.91. The highest BCUT2D eigenvalue weighted by Crippen LogP contribution is 2.25. The van der Waals surface area contributed by atoms with E-state index >= 15 is 0 Å². The second kappa shape index (κ2) is 5.70. The fraction of sp³-hybridized carbons (Fsp3) is 0.308. The average molecular weight is 289 g/mol. The highest BCUT2D eigenvalue weighted by atomic mass is 16.4. The molecule has 0 fully saturated rings. The van der Waals surface area contributed by atoms with Crippen molar-refractivity contribution in [1.29, 1.82) is 0 Å². The minimum Gasteiger partial charge on any atom is -0.476 e. The first-order chi connectivity index (χ1) is 9.93. The van der Waals surface area contributed by atoms with Crippen LogP contribution in [0, 0.1) is 0 Å². The molecule has 0 aliphatic rings. The third-order valence-electron chi connectivity index (χ3n) is 3.02. The number of likely N-dealkylation sites (N-methyl/N-ethyl adjacent to an activating group) is 1. The normalized spacial score (nSPS) is 12.0. The molecule has 0 aliphatic heterocycles. The van der Waals surface area contributed by atoms with Crippen molar-refractivity contribution in [2.24, 2.45) is 0 Å². The second-order valence-electron chi connectivity index (χ2n) is 4.68. The van der Waals surface area contributed by atoms with Crippen LogP contribution in [0.25, 0.3) is 11.3 Å². The van der Waals surface area contributed by atoms with Crippen LogP contribution in [-0.2, 0) is 4.79 Å². The number of amides is 1. The summed E-state index contributed by atoms with van der Waals surface area (Å²) in [5, 5.41) is 16.8. The van der Waals surface area contributed by atoms with E-state index in [0.29, 0.717) is 5.56 Å². The topological polar surface area (TPSA) is 101 Å². The van der Waals surface area contributed by atoms with Crippen LogP contribution < -0.4 is 0 Å². The number of rotatable bonds is 4. The van der Waals surface area contributed by atoms with Crippen molar-refractivity contribution >= 4 is 11.9 Å². The molecule has 0 radical (unpaired) electrons. The van der Waals surface area contributed by atoms with Crippen molar-refractivity contribution in [1.82, 2.24) is 24.9 Å². The number of aromatic carboxylic acids is 1. The Bertz CT molecular complexity index is 666. The van der Waals surface area contributed by atoms with Gasteiger partial charge in [-0.1, -0.05) is 5.21 Å². The van der Waals surface area contributed by atoms with E-state index in [1.54, 1.807) is 33.2 Å². The van der Waals surface area contributed by atoms with Crippen molar-refractivity contribution < 1.29 is 14.7 Å². The zero-order valence-corrected chi connectivity index (χ0v) is 11.9. The number of hydrogen-bond acceptors (Lipinski definition) is 5. The smallest absolute Gasteiger partial charge is 0.358 e. The SMILES string of the molecule is CC(C(=O)N(C)C)n1nnc(C(=O)O)c1-c1ccncc1. The summed E-state index contributed by atoms with van der Waals surface area (Å²) in [5.74, 6) is -1.40. The van der Waals surface area contributed by atoms with E-state index in [1.807, 2.05) is 0 Å². The highest BCUT2D eigenvalue weighted by Gasteiger charge is 2.27. The molecule has 1 amide bonds. The van der Waals surface area contributed by atoms with E-state index in [4.69, 9.17) is 0 Å². The molecule has 8 nitrogen and oxygen atoms in total. The first-order valence-electron chi connectivity index (χ1n) is 6.23. The zero-order valence-electron chi connectivity index (χ0n) is 11.9. The molecular weight excluding hydrogens is 274 g/mol. The number of hydrogen-bond donors (Lipinski definition) is 1. The lowest BCUT2D eigenvalue weighted by atomic mass is 10.1. The van der Waals surface area contributed by atoms with E-state index in [-0.39, 0.29) is 17.3 Å². The Morgan fingerprint density at radius 2 is 1.90 bits per heavy atom. The van der Waals surface area contributed by atoms with Gasteiger partial charge in [0, 0.05) is 32.1 Å². The first kappa shape index (κ1) is 14.6. The molecule has 2 rings (SSSR count). The molecule has 0 spiro atoms. The van der Waals surface area contributed by atoms with Crippen LogP contribution in [0.1, 0.15) is 23.5 Å². The van der Waals surface area contributed by atoms with E-state index in [2.05, 4.69) is 15.3 Å². The van der Waals surface area contributed by atoms with E-state index in [9.17, 15) is 14.7 Å². The summed E-state index contributed by atoms with van der Waals surface area (Å²) < 4.78 is 1.32. The quantitative estimate of drug-likeness (QED) is 0.888. The molecule has 0 saturated heterocycles. The molecule has 1 unspecified atom stereocenters. The van der Waals surface area contributed by atoms with Crippen molar-refractivity contribution in [3.63, 3.8) is 0 Å². The number of carbonyl (C=O) groups is 2. The second-order valence-corrected chi connectivity index (χ2v) is 4.68. The maximum absolute atomic E-state index is 12.1. The van der Waals surface area contributed by atoms with Crippen molar-refractivity contribution in [2.75, 3.05) is 14.1 Å². The maximum Gasteiger partial charge on any atom is 0.358 e. The molecule has 21 heavy (non-hydrogen) atoms. The van der Waals surface area contributed by atoms with E-state index in [1.165, 1.54) is 22.0 Å². The fourth-order valence-corrected chi connectivity index (χ4v) is 1.97. The third-order valence-corrected chi connectivity index (χ3v) is 3.02. The summed E-state index contributed by atoms with van der Waals surface area (Å²) in [7, 11) is 3.25. The maximum atomic E-state index is 12.1. The minimum atomic E-state index is -1.20. The van der Waals surface area contributed by atoms with E-state index < -0.39 is 12.0 Å². The Labute approximate surface area is 121 Å². The lowest BCUT2D eigenvalue weighted by molar-refractivity contribution is -0.131. The number of carboxylic acid groups (broad SMARTS) is 1. The highest BCUT2D eigenvalue weighted by molar-refractivity contribution is 5.93. The summed E-state index contributed by atoms with van der Waals surface area (Å²) in [6.07, 6.45) is 3.08. The van der Waals surface area contributed by atoms with Crippen molar-refractivity contribution in [3.05, 3.63) is 30.2 Å². The monoisotopic (exact) mass is 289 g/mol. The third kappa shape index (κ3) is 2.73. The molecule has 1 atom stereocenters. The van der Waals surface area contributed by atoms with Gasteiger partial charge in [-0.3, -0.25) is 9.78 Å².